The molecule has 0 fully saturated rings. The Hall–Kier alpha value is -3.15. The molecule has 0 spiro atoms. The zero-order chi connectivity index (χ0) is 17.8. The van der Waals surface area contributed by atoms with E-state index in [0.29, 0.717) is 32.1 Å². The van der Waals surface area contributed by atoms with Crippen LogP contribution in [-0.4, -0.2) is 25.7 Å². The number of anilines is 1. The summed E-state index contributed by atoms with van der Waals surface area (Å²) in [5.74, 6) is 2.74. The molecule has 0 atom stereocenters. The third kappa shape index (κ3) is 3.74. The van der Waals surface area contributed by atoms with E-state index < -0.39 is 0 Å². The zero-order valence-corrected chi connectivity index (χ0v) is 14.4. The fraction of sp³-hybridized carbons (Fsp3) is 0.250. The minimum absolute atomic E-state index is 0.357. The van der Waals surface area contributed by atoms with Crippen molar-refractivity contribution in [2.45, 2.75) is 12.8 Å². The molecule has 6 nitrogen and oxygen atoms in total. The molecule has 26 heavy (non-hydrogen) atoms. The summed E-state index contributed by atoms with van der Waals surface area (Å²) in [6.45, 7) is 1.87. The summed E-state index contributed by atoms with van der Waals surface area (Å²) >= 11 is 0. The summed E-state index contributed by atoms with van der Waals surface area (Å²) in [6.07, 6.45) is 1.57. The molecule has 0 saturated heterocycles. The average Bonchev–Trinajstić information content (AvgIpc) is 2.91. The maximum Gasteiger partial charge on any atom is 0.193 e. The highest BCUT2D eigenvalue weighted by molar-refractivity contribution is 5.92. The van der Waals surface area contributed by atoms with E-state index in [2.05, 4.69) is 10.3 Å². The lowest BCUT2D eigenvalue weighted by molar-refractivity contribution is 0.297. The molecule has 0 radical (unpaired) electrons. The second kappa shape index (κ2) is 7.39. The third-order valence-electron chi connectivity index (χ3n) is 4.14. The van der Waals surface area contributed by atoms with E-state index >= 15 is 0 Å². The van der Waals surface area contributed by atoms with Crippen molar-refractivity contribution in [1.82, 2.24) is 0 Å². The van der Waals surface area contributed by atoms with Gasteiger partial charge in [-0.1, -0.05) is 18.2 Å². The summed E-state index contributed by atoms with van der Waals surface area (Å²) < 4.78 is 17.1. The van der Waals surface area contributed by atoms with Gasteiger partial charge in [0.2, 0.25) is 0 Å². The van der Waals surface area contributed by atoms with Crippen LogP contribution in [0.1, 0.15) is 12.2 Å². The lowest BCUT2D eigenvalue weighted by Gasteiger charge is -2.10. The second-order valence-electron chi connectivity index (χ2n) is 6.10. The van der Waals surface area contributed by atoms with Gasteiger partial charge in [-0.25, -0.2) is 0 Å². The first-order valence-corrected chi connectivity index (χ1v) is 8.72. The molecule has 134 valence electrons. The highest BCUT2D eigenvalue weighted by atomic mass is 16.5. The minimum atomic E-state index is 0.357. The second-order valence-corrected chi connectivity index (χ2v) is 6.10. The molecule has 1 aliphatic rings. The predicted molar refractivity (Wildman–Crippen MR) is 102 cm³/mol. The van der Waals surface area contributed by atoms with Gasteiger partial charge in [0.05, 0.1) is 13.2 Å². The van der Waals surface area contributed by atoms with E-state index in [1.807, 2.05) is 48.5 Å². The van der Waals surface area contributed by atoms with Gasteiger partial charge < -0.3 is 24.9 Å². The molecule has 1 aromatic heterocycles. The molecular formula is C20H21N3O3. The van der Waals surface area contributed by atoms with Gasteiger partial charge in [-0.05, 0) is 24.3 Å². The third-order valence-corrected chi connectivity index (χ3v) is 4.14. The van der Waals surface area contributed by atoms with Crippen molar-refractivity contribution in [2.75, 3.05) is 25.1 Å². The number of fused-ring (bicyclic) bond motifs is 2. The average molecular weight is 351 g/mol. The SMILES string of the molecule is NC(=NCCc1cc2ccccc2o1)Nc1ccc2c(c1)OCCCO2. The van der Waals surface area contributed by atoms with Gasteiger partial charge in [-0.15, -0.1) is 0 Å². The minimum Gasteiger partial charge on any atom is -0.490 e. The Bertz CT molecular complexity index is 900. The maximum atomic E-state index is 5.99. The number of guanidine groups is 1. The van der Waals surface area contributed by atoms with Crippen LogP contribution in [0.15, 0.2) is 57.9 Å². The van der Waals surface area contributed by atoms with Crippen LogP contribution in [0, 0.1) is 0 Å². The number of para-hydroxylation sites is 1. The summed E-state index contributed by atoms with van der Waals surface area (Å²) in [6, 6.07) is 15.6. The van der Waals surface area contributed by atoms with E-state index in [-0.39, 0.29) is 0 Å². The number of hydrogen-bond donors (Lipinski definition) is 2. The molecule has 2 aromatic carbocycles. The lowest BCUT2D eigenvalue weighted by Crippen LogP contribution is -2.23. The van der Waals surface area contributed by atoms with Crippen LogP contribution in [0.25, 0.3) is 11.0 Å². The molecule has 0 aliphatic carbocycles. The number of benzene rings is 2. The quantitative estimate of drug-likeness (QED) is 0.555. The van der Waals surface area contributed by atoms with Crippen molar-refractivity contribution in [3.63, 3.8) is 0 Å². The number of nitrogens with zero attached hydrogens (tertiary/aromatic N) is 1. The normalized spacial score (nSPS) is 14.2. The highest BCUT2D eigenvalue weighted by Crippen LogP contribution is 2.32. The van der Waals surface area contributed by atoms with Gasteiger partial charge in [-0.3, -0.25) is 4.99 Å². The van der Waals surface area contributed by atoms with E-state index in [1.165, 1.54) is 0 Å². The van der Waals surface area contributed by atoms with E-state index in [4.69, 9.17) is 19.6 Å². The number of nitrogens with two attached hydrogens (primary N) is 1. The van der Waals surface area contributed by atoms with Crippen molar-refractivity contribution in [2.24, 2.45) is 10.7 Å². The topological polar surface area (TPSA) is 82.0 Å². The van der Waals surface area contributed by atoms with Crippen molar-refractivity contribution in [3.05, 3.63) is 54.3 Å². The monoisotopic (exact) mass is 351 g/mol. The number of furan rings is 1. The van der Waals surface area contributed by atoms with Gasteiger partial charge in [0, 0.05) is 36.5 Å². The Kier molecular flexibility index (Phi) is 4.64. The summed E-state index contributed by atoms with van der Waals surface area (Å²) in [7, 11) is 0. The zero-order valence-electron chi connectivity index (χ0n) is 14.4. The number of aliphatic imine (C=N–C) groups is 1. The van der Waals surface area contributed by atoms with Crippen molar-refractivity contribution in [1.29, 1.82) is 0 Å². The summed E-state index contributed by atoms with van der Waals surface area (Å²) in [4.78, 5) is 4.37. The Balaban J connectivity index is 1.36. The van der Waals surface area contributed by atoms with E-state index in [9.17, 15) is 0 Å². The molecule has 1 aliphatic heterocycles. The van der Waals surface area contributed by atoms with Crippen LogP contribution in [-0.2, 0) is 6.42 Å². The van der Waals surface area contributed by atoms with Gasteiger partial charge >= 0.3 is 0 Å². The van der Waals surface area contributed by atoms with Crippen LogP contribution >= 0.6 is 0 Å². The van der Waals surface area contributed by atoms with E-state index in [0.717, 1.165) is 40.3 Å². The predicted octanol–water partition coefficient (Wildman–Crippen LogP) is 3.56. The maximum absolute atomic E-state index is 5.99. The molecule has 0 unspecified atom stereocenters. The number of ether oxygens (including phenoxy) is 2. The van der Waals surface area contributed by atoms with Gasteiger partial charge in [0.1, 0.15) is 11.3 Å². The molecular weight excluding hydrogens is 330 g/mol. The Labute approximate surface area is 151 Å². The van der Waals surface area contributed by atoms with Crippen LogP contribution in [0.5, 0.6) is 11.5 Å². The first-order valence-electron chi connectivity index (χ1n) is 8.72. The molecule has 2 heterocycles. The van der Waals surface area contributed by atoms with Gasteiger partial charge in [0.15, 0.2) is 17.5 Å². The Morgan fingerprint density at radius 1 is 1.04 bits per heavy atom. The van der Waals surface area contributed by atoms with Crippen LogP contribution in [0.2, 0.25) is 0 Å². The molecule has 3 aromatic rings. The summed E-state index contributed by atoms with van der Waals surface area (Å²) in [5, 5.41) is 4.19. The van der Waals surface area contributed by atoms with Crippen LogP contribution in [0.4, 0.5) is 5.69 Å². The highest BCUT2D eigenvalue weighted by Gasteiger charge is 2.11. The van der Waals surface area contributed by atoms with E-state index in [1.54, 1.807) is 0 Å². The molecule has 0 bridgehead atoms. The molecule has 3 N–H and O–H groups in total. The van der Waals surface area contributed by atoms with Crippen molar-refractivity contribution < 1.29 is 13.9 Å². The smallest absolute Gasteiger partial charge is 0.193 e. The fourth-order valence-corrected chi connectivity index (χ4v) is 2.88. The van der Waals surface area contributed by atoms with Crippen LogP contribution < -0.4 is 20.5 Å². The molecule has 0 saturated carbocycles. The first-order chi connectivity index (χ1) is 12.8. The Morgan fingerprint density at radius 2 is 1.88 bits per heavy atom. The van der Waals surface area contributed by atoms with Crippen molar-refractivity contribution >= 4 is 22.6 Å². The lowest BCUT2D eigenvalue weighted by atomic mass is 10.2. The van der Waals surface area contributed by atoms with Crippen molar-refractivity contribution in [3.8, 4) is 11.5 Å². The Morgan fingerprint density at radius 3 is 2.77 bits per heavy atom. The van der Waals surface area contributed by atoms with Gasteiger partial charge in [-0.2, -0.15) is 0 Å². The number of nitrogens with one attached hydrogen (secondary N) is 1. The summed E-state index contributed by atoms with van der Waals surface area (Å²) in [5.41, 5.74) is 7.70. The molecule has 0 amide bonds. The fourth-order valence-electron chi connectivity index (χ4n) is 2.88. The molecule has 4 rings (SSSR count). The number of rotatable bonds is 4. The first kappa shape index (κ1) is 16.3. The van der Waals surface area contributed by atoms with Gasteiger partial charge in [0.25, 0.3) is 0 Å². The largest absolute Gasteiger partial charge is 0.490 e. The number of hydrogen-bond acceptors (Lipinski definition) is 4. The standard InChI is InChI=1S/C20H21N3O3/c21-20(22-9-8-16-12-14-4-1-2-5-17(14)26-16)23-15-6-7-18-19(13-15)25-11-3-10-24-18/h1-2,4-7,12-13H,3,8-11H2,(H3,21,22,23). The molecule has 6 heteroatoms. The van der Waals surface area contributed by atoms with Crippen LogP contribution in [0.3, 0.4) is 0 Å².